The van der Waals surface area contributed by atoms with Crippen LogP contribution in [0.3, 0.4) is 0 Å². The SMILES string of the molecule is CC1N(C)c2ccccc2C12CNCN2. The van der Waals surface area contributed by atoms with E-state index < -0.39 is 0 Å². The summed E-state index contributed by atoms with van der Waals surface area (Å²) >= 11 is 0. The lowest BCUT2D eigenvalue weighted by molar-refractivity contribution is 0.366. The third-order valence-electron chi connectivity index (χ3n) is 3.99. The predicted molar refractivity (Wildman–Crippen MR) is 62.0 cm³/mol. The Kier molecular flexibility index (Phi) is 1.82. The molecule has 15 heavy (non-hydrogen) atoms. The second kappa shape index (κ2) is 2.97. The lowest BCUT2D eigenvalue weighted by Crippen LogP contribution is -2.50. The van der Waals surface area contributed by atoms with E-state index in [9.17, 15) is 0 Å². The van der Waals surface area contributed by atoms with Crippen LogP contribution in [-0.2, 0) is 5.54 Å². The number of anilines is 1. The first-order valence-electron chi connectivity index (χ1n) is 5.54. The first kappa shape index (κ1) is 9.19. The molecule has 0 saturated carbocycles. The van der Waals surface area contributed by atoms with Crippen molar-refractivity contribution in [3.63, 3.8) is 0 Å². The van der Waals surface area contributed by atoms with Gasteiger partial charge in [0.25, 0.3) is 0 Å². The predicted octanol–water partition coefficient (Wildman–Crippen LogP) is 0.870. The monoisotopic (exact) mass is 203 g/mol. The molecule has 0 radical (unpaired) electrons. The Labute approximate surface area is 90.5 Å². The zero-order valence-electron chi connectivity index (χ0n) is 9.25. The zero-order valence-corrected chi connectivity index (χ0v) is 9.25. The molecule has 2 N–H and O–H groups in total. The maximum Gasteiger partial charge on any atom is 0.0794 e. The molecule has 3 nitrogen and oxygen atoms in total. The second-order valence-corrected chi connectivity index (χ2v) is 4.56. The third kappa shape index (κ3) is 1.02. The van der Waals surface area contributed by atoms with Crippen molar-refractivity contribution in [2.75, 3.05) is 25.2 Å². The third-order valence-corrected chi connectivity index (χ3v) is 3.99. The van der Waals surface area contributed by atoms with Crippen LogP contribution in [-0.4, -0.2) is 26.3 Å². The van der Waals surface area contributed by atoms with Gasteiger partial charge in [-0.3, -0.25) is 5.32 Å². The first-order valence-corrected chi connectivity index (χ1v) is 5.54. The summed E-state index contributed by atoms with van der Waals surface area (Å²) in [5.74, 6) is 0. The molecule has 1 saturated heterocycles. The van der Waals surface area contributed by atoms with E-state index in [1.165, 1.54) is 11.3 Å². The van der Waals surface area contributed by atoms with Gasteiger partial charge in [0.15, 0.2) is 0 Å². The van der Waals surface area contributed by atoms with E-state index in [-0.39, 0.29) is 5.54 Å². The van der Waals surface area contributed by atoms with Crippen LogP contribution in [0.1, 0.15) is 12.5 Å². The highest BCUT2D eigenvalue weighted by Crippen LogP contribution is 2.43. The van der Waals surface area contributed by atoms with Crippen LogP contribution in [0.5, 0.6) is 0 Å². The smallest absolute Gasteiger partial charge is 0.0794 e. The van der Waals surface area contributed by atoms with Crippen molar-refractivity contribution < 1.29 is 0 Å². The number of hydrogen-bond acceptors (Lipinski definition) is 3. The minimum atomic E-state index is 0.116. The minimum Gasteiger partial charge on any atom is -0.369 e. The van der Waals surface area contributed by atoms with Crippen LogP contribution in [0, 0.1) is 0 Å². The molecule has 0 bridgehead atoms. The molecule has 3 heteroatoms. The molecule has 2 aliphatic rings. The Hall–Kier alpha value is -1.06. The van der Waals surface area contributed by atoms with Crippen LogP contribution in [0.4, 0.5) is 5.69 Å². The van der Waals surface area contributed by atoms with Crippen LogP contribution in [0.2, 0.25) is 0 Å². The van der Waals surface area contributed by atoms with Crippen molar-refractivity contribution in [1.82, 2.24) is 10.6 Å². The van der Waals surface area contributed by atoms with Gasteiger partial charge in [0.2, 0.25) is 0 Å². The van der Waals surface area contributed by atoms with Crippen LogP contribution in [0.15, 0.2) is 24.3 Å². The Morgan fingerprint density at radius 1 is 1.40 bits per heavy atom. The molecule has 1 aromatic carbocycles. The van der Waals surface area contributed by atoms with Crippen LogP contribution in [0.25, 0.3) is 0 Å². The molecule has 0 aliphatic carbocycles. The normalized spacial score (nSPS) is 33.7. The summed E-state index contributed by atoms with van der Waals surface area (Å²) < 4.78 is 0. The number of fused-ring (bicyclic) bond motifs is 2. The molecule has 2 heterocycles. The Morgan fingerprint density at radius 3 is 2.93 bits per heavy atom. The highest BCUT2D eigenvalue weighted by Gasteiger charge is 2.48. The van der Waals surface area contributed by atoms with E-state index in [1.54, 1.807) is 0 Å². The molecule has 80 valence electrons. The average Bonchev–Trinajstić information content (AvgIpc) is 2.83. The number of hydrogen-bond donors (Lipinski definition) is 2. The Morgan fingerprint density at radius 2 is 2.20 bits per heavy atom. The van der Waals surface area contributed by atoms with Gasteiger partial charge in [0.1, 0.15) is 0 Å². The number of nitrogens with one attached hydrogen (secondary N) is 2. The lowest BCUT2D eigenvalue weighted by atomic mass is 9.87. The second-order valence-electron chi connectivity index (χ2n) is 4.56. The highest BCUT2D eigenvalue weighted by molar-refractivity contribution is 5.63. The molecular weight excluding hydrogens is 186 g/mol. The van der Waals surface area contributed by atoms with Gasteiger partial charge in [-0.15, -0.1) is 0 Å². The largest absolute Gasteiger partial charge is 0.369 e. The fourth-order valence-corrected chi connectivity index (χ4v) is 2.95. The standard InChI is InChI=1S/C12H17N3/c1-9-12(7-13-8-14-12)10-5-3-4-6-11(10)15(9)2/h3-6,9,13-14H,7-8H2,1-2H3. The van der Waals surface area contributed by atoms with Gasteiger partial charge in [-0.05, 0) is 18.6 Å². The van der Waals surface area contributed by atoms with E-state index in [2.05, 4.69) is 53.8 Å². The van der Waals surface area contributed by atoms with E-state index in [0.717, 1.165) is 13.2 Å². The molecule has 1 fully saturated rings. The van der Waals surface area contributed by atoms with Crippen molar-refractivity contribution >= 4 is 5.69 Å². The molecule has 0 amide bonds. The minimum absolute atomic E-state index is 0.116. The quantitative estimate of drug-likeness (QED) is 0.655. The summed E-state index contributed by atoms with van der Waals surface area (Å²) in [7, 11) is 2.18. The van der Waals surface area contributed by atoms with Gasteiger partial charge < -0.3 is 10.2 Å². The maximum absolute atomic E-state index is 3.62. The summed E-state index contributed by atoms with van der Waals surface area (Å²) in [5, 5.41) is 7.02. The van der Waals surface area contributed by atoms with Crippen LogP contribution < -0.4 is 15.5 Å². The maximum atomic E-state index is 3.62. The van der Waals surface area contributed by atoms with Gasteiger partial charge in [-0.25, -0.2) is 0 Å². The van der Waals surface area contributed by atoms with E-state index in [4.69, 9.17) is 0 Å². The Balaban J connectivity index is 2.17. The Bertz CT molecular complexity index is 382. The van der Waals surface area contributed by atoms with Crippen molar-refractivity contribution in [1.29, 1.82) is 0 Å². The zero-order chi connectivity index (χ0) is 10.5. The highest BCUT2D eigenvalue weighted by atomic mass is 15.3. The molecule has 2 unspecified atom stereocenters. The van der Waals surface area contributed by atoms with Gasteiger partial charge in [0, 0.05) is 32.0 Å². The van der Waals surface area contributed by atoms with Crippen molar-refractivity contribution in [2.24, 2.45) is 0 Å². The molecule has 2 aliphatic heterocycles. The summed E-state index contributed by atoms with van der Waals surface area (Å²) in [4.78, 5) is 2.37. The lowest BCUT2D eigenvalue weighted by Gasteiger charge is -2.31. The molecule has 0 aromatic heterocycles. The molecule has 1 spiro atoms. The van der Waals surface area contributed by atoms with Gasteiger partial charge in [-0.1, -0.05) is 18.2 Å². The van der Waals surface area contributed by atoms with E-state index in [1.807, 2.05) is 0 Å². The van der Waals surface area contributed by atoms with Gasteiger partial charge in [-0.2, -0.15) is 0 Å². The number of likely N-dealkylation sites (N-methyl/N-ethyl adjacent to an activating group) is 1. The fourth-order valence-electron chi connectivity index (χ4n) is 2.95. The summed E-state index contributed by atoms with van der Waals surface area (Å²) in [5.41, 5.74) is 2.91. The van der Waals surface area contributed by atoms with Crippen molar-refractivity contribution in [3.05, 3.63) is 29.8 Å². The number of rotatable bonds is 0. The number of nitrogens with zero attached hydrogens (tertiary/aromatic N) is 1. The van der Waals surface area contributed by atoms with Crippen LogP contribution >= 0.6 is 0 Å². The topological polar surface area (TPSA) is 27.3 Å². The van der Waals surface area contributed by atoms with Crippen molar-refractivity contribution in [2.45, 2.75) is 18.5 Å². The molecular formula is C12H17N3. The summed E-state index contributed by atoms with van der Waals surface area (Å²) in [6, 6.07) is 9.20. The van der Waals surface area contributed by atoms with E-state index in [0.29, 0.717) is 6.04 Å². The van der Waals surface area contributed by atoms with Gasteiger partial charge in [0.05, 0.1) is 5.54 Å². The molecule has 1 aromatic rings. The van der Waals surface area contributed by atoms with Crippen molar-refractivity contribution in [3.8, 4) is 0 Å². The number of para-hydroxylation sites is 1. The average molecular weight is 203 g/mol. The number of benzene rings is 1. The first-order chi connectivity index (χ1) is 7.26. The molecule has 3 rings (SSSR count). The summed E-state index contributed by atoms with van der Waals surface area (Å²) in [6.45, 7) is 4.22. The van der Waals surface area contributed by atoms with E-state index >= 15 is 0 Å². The fraction of sp³-hybridized carbons (Fsp3) is 0.500. The summed E-state index contributed by atoms with van der Waals surface area (Å²) in [6.07, 6.45) is 0. The molecule has 2 atom stereocenters. The van der Waals surface area contributed by atoms with Gasteiger partial charge >= 0.3 is 0 Å².